The summed E-state index contributed by atoms with van der Waals surface area (Å²) in [6.45, 7) is 12.3. The Kier molecular flexibility index (Phi) is 4.93. The molecule has 0 unspecified atom stereocenters. The summed E-state index contributed by atoms with van der Waals surface area (Å²) in [5.41, 5.74) is 0.110. The number of hydrogen-bond acceptors (Lipinski definition) is 3. The maximum atomic E-state index is 12.1. The van der Waals surface area contributed by atoms with E-state index >= 15 is 0 Å². The minimum Gasteiger partial charge on any atom is -0.365 e. The fraction of sp³-hybridized carbons (Fsp3) is 0.714. The molecule has 1 heterocycles. The lowest BCUT2D eigenvalue weighted by atomic mass is 9.81. The summed E-state index contributed by atoms with van der Waals surface area (Å²) in [5.74, 6) is 1.01. The van der Waals surface area contributed by atoms with Gasteiger partial charge >= 0.3 is 0 Å². The average Bonchev–Trinajstić information content (AvgIpc) is 2.30. The van der Waals surface area contributed by atoms with Crippen molar-refractivity contribution in [3.8, 4) is 0 Å². The van der Waals surface area contributed by atoms with Crippen molar-refractivity contribution in [1.82, 2.24) is 9.55 Å². The van der Waals surface area contributed by atoms with Crippen LogP contribution in [0.15, 0.2) is 17.2 Å². The molecule has 0 atom stereocenters. The molecule has 1 rings (SSSR count). The van der Waals surface area contributed by atoms with Crippen LogP contribution in [0.3, 0.4) is 0 Å². The first-order chi connectivity index (χ1) is 8.38. The first-order valence-corrected chi connectivity index (χ1v) is 6.67. The van der Waals surface area contributed by atoms with Gasteiger partial charge in [0, 0.05) is 25.5 Å². The zero-order valence-electron chi connectivity index (χ0n) is 12.2. The second kappa shape index (κ2) is 6.03. The monoisotopic (exact) mass is 251 g/mol. The van der Waals surface area contributed by atoms with Crippen LogP contribution in [0.2, 0.25) is 0 Å². The summed E-state index contributed by atoms with van der Waals surface area (Å²) < 4.78 is 1.71. The molecular weight excluding hydrogens is 226 g/mol. The van der Waals surface area contributed by atoms with Crippen LogP contribution in [0.4, 0.5) is 5.82 Å². The normalized spacial score (nSPS) is 11.9. The Balaban J connectivity index is 2.80. The highest BCUT2D eigenvalue weighted by Crippen LogP contribution is 2.25. The number of nitrogens with one attached hydrogen (secondary N) is 1. The molecule has 18 heavy (non-hydrogen) atoms. The number of nitrogens with zero attached hydrogens (tertiary/aromatic N) is 2. The SMILES string of the molecule is CCCn1ccnc(NCC(C)(C)C(C)C)c1=O. The van der Waals surface area contributed by atoms with Gasteiger partial charge in [-0.2, -0.15) is 0 Å². The Morgan fingerprint density at radius 2 is 2.11 bits per heavy atom. The van der Waals surface area contributed by atoms with Gasteiger partial charge in [0.25, 0.3) is 5.56 Å². The minimum absolute atomic E-state index is 0.0288. The molecule has 0 aliphatic heterocycles. The standard InChI is InChI=1S/C14H25N3O/c1-6-8-17-9-7-15-12(13(17)18)16-10-14(4,5)11(2)3/h7,9,11H,6,8,10H2,1-5H3,(H,15,16). The predicted octanol–water partition coefficient (Wildman–Crippen LogP) is 2.75. The highest BCUT2D eigenvalue weighted by molar-refractivity contribution is 5.31. The van der Waals surface area contributed by atoms with Crippen LogP contribution in [-0.2, 0) is 6.54 Å². The topological polar surface area (TPSA) is 46.9 Å². The second-order valence-corrected chi connectivity index (χ2v) is 5.77. The first-order valence-electron chi connectivity index (χ1n) is 6.67. The average molecular weight is 251 g/mol. The predicted molar refractivity (Wildman–Crippen MR) is 75.9 cm³/mol. The van der Waals surface area contributed by atoms with Gasteiger partial charge in [-0.05, 0) is 17.8 Å². The molecule has 1 N–H and O–H groups in total. The van der Waals surface area contributed by atoms with Crippen LogP contribution in [0.25, 0.3) is 0 Å². The van der Waals surface area contributed by atoms with Crippen molar-refractivity contribution >= 4 is 5.82 Å². The number of hydrogen-bond donors (Lipinski definition) is 1. The maximum absolute atomic E-state index is 12.1. The third kappa shape index (κ3) is 3.59. The van der Waals surface area contributed by atoms with Gasteiger partial charge in [-0.15, -0.1) is 0 Å². The van der Waals surface area contributed by atoms with Gasteiger partial charge in [0.2, 0.25) is 0 Å². The summed E-state index contributed by atoms with van der Waals surface area (Å²) in [7, 11) is 0. The Bertz CT molecular complexity index is 435. The highest BCUT2D eigenvalue weighted by Gasteiger charge is 2.22. The molecular formula is C14H25N3O. The van der Waals surface area contributed by atoms with E-state index in [-0.39, 0.29) is 11.0 Å². The Hall–Kier alpha value is -1.32. The fourth-order valence-electron chi connectivity index (χ4n) is 1.50. The zero-order chi connectivity index (χ0) is 13.8. The lowest BCUT2D eigenvalue weighted by Gasteiger charge is -2.29. The molecule has 102 valence electrons. The summed E-state index contributed by atoms with van der Waals surface area (Å²) >= 11 is 0. The fourth-order valence-corrected chi connectivity index (χ4v) is 1.50. The molecule has 1 aromatic rings. The van der Waals surface area contributed by atoms with Crippen molar-refractivity contribution in [3.05, 3.63) is 22.7 Å². The van der Waals surface area contributed by atoms with Gasteiger partial charge in [-0.3, -0.25) is 4.79 Å². The van der Waals surface area contributed by atoms with E-state index in [1.807, 2.05) is 0 Å². The van der Waals surface area contributed by atoms with Crippen molar-refractivity contribution in [2.75, 3.05) is 11.9 Å². The second-order valence-electron chi connectivity index (χ2n) is 5.77. The Labute approximate surface area is 109 Å². The first kappa shape index (κ1) is 14.7. The number of aromatic nitrogens is 2. The van der Waals surface area contributed by atoms with Crippen LogP contribution < -0.4 is 10.9 Å². The molecule has 0 amide bonds. The molecule has 0 aromatic carbocycles. The van der Waals surface area contributed by atoms with Crippen molar-refractivity contribution in [2.24, 2.45) is 11.3 Å². The molecule has 0 saturated heterocycles. The molecule has 0 aliphatic rings. The molecule has 0 saturated carbocycles. The Morgan fingerprint density at radius 1 is 1.44 bits per heavy atom. The molecule has 0 bridgehead atoms. The van der Waals surface area contributed by atoms with Crippen LogP contribution >= 0.6 is 0 Å². The van der Waals surface area contributed by atoms with Gasteiger partial charge in [-0.25, -0.2) is 4.98 Å². The van der Waals surface area contributed by atoms with E-state index in [2.05, 4.69) is 44.9 Å². The summed E-state index contributed by atoms with van der Waals surface area (Å²) in [6, 6.07) is 0. The van der Waals surface area contributed by atoms with Crippen LogP contribution in [0.5, 0.6) is 0 Å². The van der Waals surface area contributed by atoms with E-state index in [1.54, 1.807) is 17.0 Å². The van der Waals surface area contributed by atoms with Crippen LogP contribution in [0, 0.1) is 11.3 Å². The highest BCUT2D eigenvalue weighted by atomic mass is 16.1. The largest absolute Gasteiger partial charge is 0.365 e. The minimum atomic E-state index is -0.0288. The van der Waals surface area contributed by atoms with Crippen molar-refractivity contribution < 1.29 is 0 Å². The van der Waals surface area contributed by atoms with Crippen molar-refractivity contribution in [3.63, 3.8) is 0 Å². The molecule has 0 radical (unpaired) electrons. The zero-order valence-corrected chi connectivity index (χ0v) is 12.2. The van der Waals surface area contributed by atoms with Gasteiger partial charge in [-0.1, -0.05) is 34.6 Å². The quantitative estimate of drug-likeness (QED) is 0.845. The number of aryl methyl sites for hydroxylation is 1. The number of rotatable bonds is 6. The van der Waals surface area contributed by atoms with Gasteiger partial charge in [0.1, 0.15) is 0 Å². The third-order valence-corrected chi connectivity index (χ3v) is 3.65. The van der Waals surface area contributed by atoms with Gasteiger partial charge < -0.3 is 9.88 Å². The van der Waals surface area contributed by atoms with E-state index in [4.69, 9.17) is 0 Å². The summed E-state index contributed by atoms with van der Waals surface area (Å²) in [6.07, 6.45) is 4.37. The van der Waals surface area contributed by atoms with Gasteiger partial charge in [0.15, 0.2) is 5.82 Å². The maximum Gasteiger partial charge on any atom is 0.293 e. The van der Waals surface area contributed by atoms with Gasteiger partial charge in [0.05, 0.1) is 0 Å². The summed E-state index contributed by atoms with van der Waals surface area (Å²) in [4.78, 5) is 16.2. The van der Waals surface area contributed by atoms with Crippen LogP contribution in [0.1, 0.15) is 41.0 Å². The lowest BCUT2D eigenvalue weighted by Crippen LogP contribution is -2.32. The van der Waals surface area contributed by atoms with E-state index < -0.39 is 0 Å². The molecule has 0 fully saturated rings. The number of anilines is 1. The van der Waals surface area contributed by atoms with Crippen molar-refractivity contribution in [1.29, 1.82) is 0 Å². The molecule has 1 aromatic heterocycles. The van der Waals surface area contributed by atoms with E-state index in [1.165, 1.54) is 0 Å². The summed E-state index contributed by atoms with van der Waals surface area (Å²) in [5, 5.41) is 3.19. The molecule has 4 nitrogen and oxygen atoms in total. The molecule has 0 spiro atoms. The third-order valence-electron chi connectivity index (χ3n) is 3.65. The molecule has 0 aliphatic carbocycles. The van der Waals surface area contributed by atoms with E-state index in [0.29, 0.717) is 11.7 Å². The van der Waals surface area contributed by atoms with Crippen LogP contribution in [-0.4, -0.2) is 16.1 Å². The Morgan fingerprint density at radius 3 is 2.67 bits per heavy atom. The van der Waals surface area contributed by atoms with E-state index in [9.17, 15) is 4.79 Å². The van der Waals surface area contributed by atoms with E-state index in [0.717, 1.165) is 19.5 Å². The lowest BCUT2D eigenvalue weighted by molar-refractivity contribution is 0.269. The molecule has 4 heteroatoms. The van der Waals surface area contributed by atoms with Crippen molar-refractivity contribution in [2.45, 2.75) is 47.6 Å². The smallest absolute Gasteiger partial charge is 0.293 e.